The number of H-pyrrole nitrogens is 1. The minimum atomic E-state index is -1.93. The fraction of sp³-hybridized carbons (Fsp3) is 0.429. The van der Waals surface area contributed by atoms with E-state index in [0.717, 1.165) is 47.8 Å². The number of hydrogen-bond acceptors (Lipinski definition) is 3. The van der Waals surface area contributed by atoms with Gasteiger partial charge in [-0.15, -0.1) is 0 Å². The molecule has 3 heterocycles. The summed E-state index contributed by atoms with van der Waals surface area (Å²) in [7, 11) is 0. The van der Waals surface area contributed by atoms with E-state index in [1.54, 1.807) is 6.20 Å². The second-order valence-electron chi connectivity index (χ2n) is 5.76. The van der Waals surface area contributed by atoms with Crippen LogP contribution < -0.4 is 4.72 Å². The van der Waals surface area contributed by atoms with Crippen LogP contribution in [0.15, 0.2) is 24.8 Å². The maximum Gasteiger partial charge on any atom is 0.231 e. The minimum Gasteiger partial charge on any atom is -0.346 e. The number of aromatic amines is 1. The molecule has 22 heavy (non-hydrogen) atoms. The van der Waals surface area contributed by atoms with E-state index < -0.39 is 11.3 Å². The number of pyridine rings is 1. The molecule has 1 aliphatic carbocycles. The monoisotopic (exact) mass is 319 g/mol. The van der Waals surface area contributed by atoms with Gasteiger partial charge in [-0.25, -0.2) is 18.9 Å². The van der Waals surface area contributed by atoms with E-state index in [1.807, 2.05) is 18.6 Å². The zero-order valence-electron chi connectivity index (χ0n) is 11.9. The van der Waals surface area contributed by atoms with Crippen molar-refractivity contribution in [3.63, 3.8) is 0 Å². The number of hydrogen-bond donors (Lipinski definition) is 3. The Morgan fingerprint density at radius 3 is 2.91 bits per heavy atom. The summed E-state index contributed by atoms with van der Waals surface area (Å²) in [6, 6.07) is 2.52. The van der Waals surface area contributed by atoms with Gasteiger partial charge in [0.25, 0.3) is 0 Å². The van der Waals surface area contributed by atoms with Crippen molar-refractivity contribution in [3.05, 3.63) is 24.8 Å². The predicted molar refractivity (Wildman–Crippen MR) is 84.6 cm³/mol. The van der Waals surface area contributed by atoms with Crippen LogP contribution in [0, 0.1) is 0 Å². The van der Waals surface area contributed by atoms with Crippen molar-refractivity contribution >= 4 is 33.3 Å². The van der Waals surface area contributed by atoms with E-state index in [4.69, 9.17) is 4.55 Å². The molecular weight excluding hydrogens is 302 g/mol. The molecule has 0 saturated heterocycles. The van der Waals surface area contributed by atoms with E-state index in [0.29, 0.717) is 6.04 Å². The molecule has 8 heteroatoms. The highest BCUT2D eigenvalue weighted by molar-refractivity contribution is 7.77. The first kappa shape index (κ1) is 13.9. The van der Waals surface area contributed by atoms with Crippen LogP contribution in [0.4, 0.5) is 0 Å². The van der Waals surface area contributed by atoms with Gasteiger partial charge in [0.2, 0.25) is 11.3 Å². The summed E-state index contributed by atoms with van der Waals surface area (Å²) in [5.41, 5.74) is 2.90. The quantitative estimate of drug-likeness (QED) is 0.644. The lowest BCUT2D eigenvalue weighted by Crippen LogP contribution is -2.34. The smallest absolute Gasteiger partial charge is 0.231 e. The molecular formula is C14H17N5O2S. The summed E-state index contributed by atoms with van der Waals surface area (Å²) >= 11 is -1.93. The minimum absolute atomic E-state index is 0.116. The zero-order chi connectivity index (χ0) is 15.1. The lowest BCUT2D eigenvalue weighted by atomic mass is 9.91. The first-order valence-electron chi connectivity index (χ1n) is 7.38. The summed E-state index contributed by atoms with van der Waals surface area (Å²) in [6.45, 7) is 0. The Balaban J connectivity index is 1.65. The lowest BCUT2D eigenvalue weighted by Gasteiger charge is -2.29. The Morgan fingerprint density at radius 1 is 1.32 bits per heavy atom. The molecule has 4 rings (SSSR count). The van der Waals surface area contributed by atoms with Crippen LogP contribution in [0.2, 0.25) is 0 Å². The Hall–Kier alpha value is -1.77. The van der Waals surface area contributed by atoms with E-state index in [2.05, 4.69) is 24.2 Å². The molecule has 1 unspecified atom stereocenters. The van der Waals surface area contributed by atoms with Gasteiger partial charge in [0.15, 0.2) is 0 Å². The topological polar surface area (TPSA) is 95.8 Å². The molecule has 0 aliphatic heterocycles. The maximum absolute atomic E-state index is 10.8. The number of rotatable bonds is 3. The molecule has 1 atom stereocenters. The van der Waals surface area contributed by atoms with Gasteiger partial charge in [-0.1, -0.05) is 0 Å². The molecule has 0 radical (unpaired) electrons. The van der Waals surface area contributed by atoms with Crippen molar-refractivity contribution in [2.75, 3.05) is 0 Å². The third kappa shape index (κ3) is 2.33. The van der Waals surface area contributed by atoms with Crippen molar-refractivity contribution in [3.8, 4) is 0 Å². The fourth-order valence-electron chi connectivity index (χ4n) is 3.42. The number of imidazole rings is 1. The van der Waals surface area contributed by atoms with E-state index in [1.165, 1.54) is 0 Å². The maximum atomic E-state index is 10.8. The molecule has 116 valence electrons. The molecule has 0 aromatic carbocycles. The summed E-state index contributed by atoms with van der Waals surface area (Å²) in [5.74, 6) is 0. The van der Waals surface area contributed by atoms with Gasteiger partial charge < -0.3 is 9.55 Å². The van der Waals surface area contributed by atoms with Crippen molar-refractivity contribution in [1.29, 1.82) is 0 Å². The van der Waals surface area contributed by atoms with Gasteiger partial charge >= 0.3 is 0 Å². The van der Waals surface area contributed by atoms with Crippen molar-refractivity contribution < 1.29 is 8.76 Å². The number of nitrogens with one attached hydrogen (secondary N) is 2. The van der Waals surface area contributed by atoms with Crippen LogP contribution in [0.1, 0.15) is 31.7 Å². The SMILES string of the molecule is O=S(O)NC1CCC(n2cnc3cnc4[nH]ccc4c32)CC1. The highest BCUT2D eigenvalue weighted by Gasteiger charge is 2.24. The van der Waals surface area contributed by atoms with Crippen LogP contribution in [-0.2, 0) is 11.3 Å². The molecule has 0 amide bonds. The normalized spacial score (nSPS) is 24.0. The van der Waals surface area contributed by atoms with Crippen LogP contribution in [0.5, 0.6) is 0 Å². The van der Waals surface area contributed by atoms with Crippen LogP contribution >= 0.6 is 0 Å². The Bertz CT molecular complexity index is 834. The second kappa shape index (κ2) is 5.45. The summed E-state index contributed by atoms with van der Waals surface area (Å²) < 4.78 is 24.7. The first-order valence-corrected chi connectivity index (χ1v) is 8.48. The zero-order valence-corrected chi connectivity index (χ0v) is 12.7. The molecule has 3 N–H and O–H groups in total. The first-order chi connectivity index (χ1) is 10.7. The van der Waals surface area contributed by atoms with Crippen molar-refractivity contribution in [2.24, 2.45) is 0 Å². The molecule has 0 spiro atoms. The van der Waals surface area contributed by atoms with Gasteiger partial charge in [-0.3, -0.25) is 4.55 Å². The summed E-state index contributed by atoms with van der Waals surface area (Å²) in [4.78, 5) is 12.0. The highest BCUT2D eigenvalue weighted by Crippen LogP contribution is 2.33. The van der Waals surface area contributed by atoms with Crippen LogP contribution in [0.3, 0.4) is 0 Å². The molecule has 1 fully saturated rings. The molecule has 0 bridgehead atoms. The van der Waals surface area contributed by atoms with Crippen LogP contribution in [0.25, 0.3) is 22.1 Å². The Morgan fingerprint density at radius 2 is 2.14 bits per heavy atom. The molecule has 3 aromatic heterocycles. The van der Waals surface area contributed by atoms with Gasteiger partial charge in [0.05, 0.1) is 18.0 Å². The lowest BCUT2D eigenvalue weighted by molar-refractivity contribution is 0.315. The summed E-state index contributed by atoms with van der Waals surface area (Å²) in [6.07, 6.45) is 9.29. The van der Waals surface area contributed by atoms with E-state index in [9.17, 15) is 4.21 Å². The van der Waals surface area contributed by atoms with Crippen LogP contribution in [-0.4, -0.2) is 34.3 Å². The largest absolute Gasteiger partial charge is 0.346 e. The van der Waals surface area contributed by atoms with E-state index in [-0.39, 0.29) is 6.04 Å². The molecule has 7 nitrogen and oxygen atoms in total. The van der Waals surface area contributed by atoms with Crippen molar-refractivity contribution in [1.82, 2.24) is 24.2 Å². The van der Waals surface area contributed by atoms with Gasteiger partial charge in [0, 0.05) is 23.7 Å². The third-order valence-corrected chi connectivity index (χ3v) is 5.01. The standard InChI is InChI=1S/C14H17N5O2S/c20-22(21)18-9-1-3-10(4-2-9)19-8-17-12-7-16-14-11(13(12)19)5-6-15-14/h5-10,18H,1-4H2,(H,15,16)(H,20,21). The number of fused-ring (bicyclic) bond motifs is 3. The molecule has 1 saturated carbocycles. The fourth-order valence-corrected chi connectivity index (χ4v) is 3.94. The number of nitrogens with zero attached hydrogens (tertiary/aromatic N) is 3. The van der Waals surface area contributed by atoms with Crippen molar-refractivity contribution in [2.45, 2.75) is 37.8 Å². The predicted octanol–water partition coefficient (Wildman–Crippen LogP) is 2.12. The number of aromatic nitrogens is 4. The van der Waals surface area contributed by atoms with Gasteiger partial charge in [-0.05, 0) is 31.7 Å². The van der Waals surface area contributed by atoms with Gasteiger partial charge in [0.1, 0.15) is 11.2 Å². The highest BCUT2D eigenvalue weighted by atomic mass is 32.2. The third-order valence-electron chi connectivity index (χ3n) is 4.48. The second-order valence-corrected chi connectivity index (χ2v) is 6.49. The Kier molecular flexibility index (Phi) is 3.44. The average molecular weight is 319 g/mol. The van der Waals surface area contributed by atoms with Gasteiger partial charge in [-0.2, -0.15) is 0 Å². The van der Waals surface area contributed by atoms with E-state index >= 15 is 0 Å². The molecule has 1 aliphatic rings. The average Bonchev–Trinajstić information content (AvgIpc) is 3.13. The summed E-state index contributed by atoms with van der Waals surface area (Å²) in [5, 5.41) is 1.09. The Labute approximate surface area is 129 Å². The molecule has 3 aromatic rings.